The van der Waals surface area contributed by atoms with Crippen LogP contribution in [-0.2, 0) is 16.6 Å². The Morgan fingerprint density at radius 3 is 1.33 bits per heavy atom. The minimum absolute atomic E-state index is 0. The molecule has 0 nitrogen and oxygen atoms in total. The van der Waals surface area contributed by atoms with Gasteiger partial charge in [-0.15, -0.1) is 24.8 Å². The van der Waals surface area contributed by atoms with Crippen LogP contribution < -0.4 is 0 Å². The van der Waals surface area contributed by atoms with Crippen molar-refractivity contribution in [3.63, 3.8) is 0 Å². The Bertz CT molecular complexity index is 588. The summed E-state index contributed by atoms with van der Waals surface area (Å²) in [6.07, 6.45) is 12.3. The van der Waals surface area contributed by atoms with E-state index in [1.165, 1.54) is 12.8 Å². The van der Waals surface area contributed by atoms with Crippen LogP contribution in [0, 0.1) is 0 Å². The number of allylic oxidation sites excluding steroid dienone is 8. The molecule has 0 atom stereocenters. The van der Waals surface area contributed by atoms with Crippen LogP contribution in [-0.4, -0.2) is 22.3 Å². The summed E-state index contributed by atoms with van der Waals surface area (Å²) in [4.78, 5) is 0. The zero-order valence-electron chi connectivity index (χ0n) is 16.5. The summed E-state index contributed by atoms with van der Waals surface area (Å²) >= 11 is -1.26. The van der Waals surface area contributed by atoms with Crippen molar-refractivity contribution in [1.29, 1.82) is 0 Å². The first-order valence-electron chi connectivity index (χ1n) is 8.52. The van der Waals surface area contributed by atoms with Crippen LogP contribution in [0.2, 0.25) is 52.4 Å². The van der Waals surface area contributed by atoms with Crippen molar-refractivity contribution in [3.05, 3.63) is 42.5 Å². The molecule has 0 aromatic heterocycles. The second-order valence-corrected chi connectivity index (χ2v) is 30.8. The quantitative estimate of drug-likeness (QED) is 0.407. The molecule has 0 saturated heterocycles. The van der Waals surface area contributed by atoms with Crippen LogP contribution >= 0.6 is 24.8 Å². The van der Waals surface area contributed by atoms with Crippen LogP contribution in [0.1, 0.15) is 12.8 Å². The van der Waals surface area contributed by atoms with E-state index < -0.39 is 32.8 Å². The smallest absolute Gasteiger partial charge is 0.147 e. The largest absolute Gasteiger partial charge is 0.147 e. The van der Waals surface area contributed by atoms with E-state index in [2.05, 4.69) is 76.7 Å². The zero-order chi connectivity index (χ0) is 16.7. The first-order chi connectivity index (χ1) is 10.0. The monoisotopic (exact) mass is 452 g/mol. The molecule has 2 aliphatic rings. The van der Waals surface area contributed by atoms with E-state index in [4.69, 9.17) is 0 Å². The van der Waals surface area contributed by atoms with E-state index >= 15 is 0 Å². The molecule has 2 aliphatic carbocycles. The summed E-state index contributed by atoms with van der Waals surface area (Å²) in [5, 5.41) is 3.64. The third-order valence-corrected chi connectivity index (χ3v) is 21.1. The third-order valence-electron chi connectivity index (χ3n) is 4.58. The fourth-order valence-corrected chi connectivity index (χ4v) is 24.0. The Morgan fingerprint density at radius 2 is 1.08 bits per heavy atom. The summed E-state index contributed by atoms with van der Waals surface area (Å²) in [5.74, 6) is 0. The number of rotatable bonds is 4. The van der Waals surface area contributed by atoms with Crippen LogP contribution in [0.5, 0.6) is 0 Å². The maximum atomic E-state index is 2.60. The molecule has 0 saturated carbocycles. The standard InChI is InChI=1S/2C8H13Si.C2H6Si.2ClH.Ti/c2*1-9(2,3)8-6-4-5-7-8;1-3-2;;;/h2*4,6H,5H2,1-3H3;1-2H3;2*1H;. The first-order valence-corrected chi connectivity index (χ1v) is 21.9. The van der Waals surface area contributed by atoms with Gasteiger partial charge in [0, 0.05) is 0 Å². The van der Waals surface area contributed by atoms with Gasteiger partial charge in [0.15, 0.2) is 0 Å². The van der Waals surface area contributed by atoms with Gasteiger partial charge in [0.1, 0.15) is 0 Å². The van der Waals surface area contributed by atoms with Crippen molar-refractivity contribution in [1.82, 2.24) is 0 Å². The average Bonchev–Trinajstić information content (AvgIpc) is 2.95. The van der Waals surface area contributed by atoms with E-state index in [1.54, 1.807) is 0 Å². The minimum Gasteiger partial charge on any atom is -0.147 e. The summed E-state index contributed by atoms with van der Waals surface area (Å²) in [6.45, 7) is 20.4. The molecule has 0 heterocycles. The van der Waals surface area contributed by atoms with Gasteiger partial charge in [0.2, 0.25) is 0 Å². The topological polar surface area (TPSA) is 0 Å². The van der Waals surface area contributed by atoms with Gasteiger partial charge in [-0.25, -0.2) is 0 Å². The van der Waals surface area contributed by atoms with Gasteiger partial charge in [-0.3, -0.25) is 0 Å². The molecule has 0 fully saturated rings. The number of hydrogen-bond acceptors (Lipinski definition) is 0. The van der Waals surface area contributed by atoms with E-state index in [1.807, 2.05) is 18.1 Å². The van der Waals surface area contributed by atoms with Crippen molar-refractivity contribution in [2.45, 2.75) is 65.2 Å². The van der Waals surface area contributed by atoms with Crippen LogP contribution in [0.15, 0.2) is 42.5 Å². The molecule has 0 amide bonds. The molecule has 0 radical (unpaired) electrons. The van der Waals surface area contributed by atoms with E-state index in [9.17, 15) is 0 Å². The Morgan fingerprint density at radius 1 is 0.750 bits per heavy atom. The predicted octanol–water partition coefficient (Wildman–Crippen LogP) is 6.88. The van der Waals surface area contributed by atoms with Crippen molar-refractivity contribution in [3.8, 4) is 0 Å². The Balaban J connectivity index is 0.00000264. The maximum absolute atomic E-state index is 2.60. The molecule has 0 bridgehead atoms. The normalized spacial score (nSPS) is 17.2. The van der Waals surface area contributed by atoms with E-state index in [0.717, 1.165) is 0 Å². The van der Waals surface area contributed by atoms with Crippen LogP contribution in [0.25, 0.3) is 0 Å². The molecular weight excluding hydrogens is 419 g/mol. The first kappa shape index (κ1) is 24.9. The second kappa shape index (κ2) is 9.21. The third kappa shape index (κ3) is 5.45. The fraction of sp³-hybridized carbons (Fsp3) is 0.556. The molecule has 0 aromatic rings. The molecule has 0 aromatic carbocycles. The minimum atomic E-state index is -1.26. The van der Waals surface area contributed by atoms with Gasteiger partial charge in [0.25, 0.3) is 0 Å². The summed E-state index contributed by atoms with van der Waals surface area (Å²) in [7, 11) is -2.39. The van der Waals surface area contributed by atoms with E-state index in [0.29, 0.717) is 0 Å². The molecule has 0 spiro atoms. The van der Waals surface area contributed by atoms with Crippen molar-refractivity contribution in [2.24, 2.45) is 0 Å². The van der Waals surface area contributed by atoms with Gasteiger partial charge in [-0.2, -0.15) is 0 Å². The zero-order valence-corrected chi connectivity index (χ0v) is 22.7. The van der Waals surface area contributed by atoms with Crippen molar-refractivity contribution >= 4 is 47.1 Å². The van der Waals surface area contributed by atoms with Gasteiger partial charge in [0.05, 0.1) is 0 Å². The summed E-state index contributed by atoms with van der Waals surface area (Å²) in [6, 6.07) is 0. The Labute approximate surface area is 170 Å². The SMILES string of the molecule is C[Si](C)=[Ti]([C]1=C([Si](C)(C)C)C=CC1)[C]1=C([Si](C)(C)C)C=CC1.Cl.Cl. The molecule has 24 heavy (non-hydrogen) atoms. The van der Waals surface area contributed by atoms with Gasteiger partial charge >= 0.3 is 147 Å². The predicted molar refractivity (Wildman–Crippen MR) is 120 cm³/mol. The molecule has 0 unspecified atom stereocenters. The van der Waals surface area contributed by atoms with Crippen LogP contribution in [0.3, 0.4) is 0 Å². The molecule has 0 aliphatic heterocycles. The van der Waals surface area contributed by atoms with Gasteiger partial charge < -0.3 is 0 Å². The molecule has 136 valence electrons. The second-order valence-electron chi connectivity index (χ2n) is 8.87. The van der Waals surface area contributed by atoms with Crippen molar-refractivity contribution in [2.75, 3.05) is 0 Å². The Kier molecular flexibility index (Phi) is 9.56. The molecule has 0 N–H and O–H groups in total. The summed E-state index contributed by atoms with van der Waals surface area (Å²) < 4.78 is 3.93. The van der Waals surface area contributed by atoms with Gasteiger partial charge in [-0.1, -0.05) is 0 Å². The molecular formula is C18H34Cl2Si3Ti. The number of hydrogen-bond donors (Lipinski definition) is 0. The average molecular weight is 454 g/mol. The van der Waals surface area contributed by atoms with Crippen molar-refractivity contribution < 1.29 is 16.6 Å². The Hall–Kier alpha value is 0.905. The number of halogens is 2. The molecule has 6 heteroatoms. The van der Waals surface area contributed by atoms with E-state index in [-0.39, 0.29) is 31.0 Å². The van der Waals surface area contributed by atoms with Gasteiger partial charge in [-0.05, 0) is 0 Å². The van der Waals surface area contributed by atoms with Crippen LogP contribution in [0.4, 0.5) is 0 Å². The fourth-order valence-electron chi connectivity index (χ4n) is 3.67. The maximum Gasteiger partial charge on any atom is -0.147 e. The summed E-state index contributed by atoms with van der Waals surface area (Å²) in [5.41, 5.74) is 0. The molecule has 2 rings (SSSR count).